The second kappa shape index (κ2) is 4.31. The predicted molar refractivity (Wildman–Crippen MR) is 53.1 cm³/mol. The number of nitrogens with one attached hydrogen (secondary N) is 2. The van der Waals surface area contributed by atoms with E-state index in [1.54, 1.807) is 6.07 Å². The Kier molecular flexibility index (Phi) is 3.28. The van der Waals surface area contributed by atoms with E-state index in [9.17, 15) is 13.6 Å². The Morgan fingerprint density at radius 2 is 2.31 bits per heavy atom. The molecule has 0 unspecified atom stereocenters. The Hall–Kier alpha value is -1.90. The van der Waals surface area contributed by atoms with Crippen molar-refractivity contribution in [2.24, 2.45) is 0 Å². The van der Waals surface area contributed by atoms with E-state index < -0.39 is 17.9 Å². The molecule has 0 aliphatic carbocycles. The lowest BCUT2D eigenvalue weighted by molar-refractivity contribution is -0.0108. The van der Waals surface area contributed by atoms with Crippen molar-refractivity contribution < 1.29 is 13.6 Å². The number of carbonyl (C=O) groups is 1. The highest BCUT2D eigenvalue weighted by atomic mass is 19.3. The van der Waals surface area contributed by atoms with Gasteiger partial charge in [-0.2, -0.15) is 5.26 Å². The summed E-state index contributed by atoms with van der Waals surface area (Å²) < 4.78 is 25.6. The lowest BCUT2D eigenvalue weighted by Gasteiger charge is -2.20. The number of nitrogens with zero attached hydrogens (tertiary/aromatic N) is 1. The van der Waals surface area contributed by atoms with Gasteiger partial charge in [-0.05, 0) is 13.0 Å². The van der Waals surface area contributed by atoms with Crippen molar-refractivity contribution in [1.82, 2.24) is 10.3 Å². The summed E-state index contributed by atoms with van der Waals surface area (Å²) in [5.41, 5.74) is 0.369. The van der Waals surface area contributed by atoms with Crippen molar-refractivity contribution in [2.45, 2.75) is 25.8 Å². The van der Waals surface area contributed by atoms with E-state index in [-0.39, 0.29) is 11.3 Å². The molecule has 1 rings (SSSR count). The van der Waals surface area contributed by atoms with Gasteiger partial charge in [0.05, 0.1) is 11.6 Å². The lowest BCUT2D eigenvalue weighted by Crippen LogP contribution is -2.43. The Bertz CT molecular complexity index is 428. The maximum absolute atomic E-state index is 12.8. The zero-order valence-corrected chi connectivity index (χ0v) is 8.84. The van der Waals surface area contributed by atoms with Gasteiger partial charge in [-0.15, -0.1) is 0 Å². The van der Waals surface area contributed by atoms with Crippen molar-refractivity contribution in [3.63, 3.8) is 0 Å². The molecule has 2 N–H and O–H groups in total. The van der Waals surface area contributed by atoms with Crippen molar-refractivity contribution in [3.8, 4) is 6.07 Å². The first-order valence-corrected chi connectivity index (χ1v) is 4.62. The van der Waals surface area contributed by atoms with Crippen LogP contribution in [0.25, 0.3) is 0 Å². The predicted octanol–water partition coefficient (Wildman–Crippen LogP) is 1.66. The summed E-state index contributed by atoms with van der Waals surface area (Å²) in [5, 5.41) is 10.7. The Balaban J connectivity index is 2.70. The molecule has 0 aliphatic rings. The smallest absolute Gasteiger partial charge is 0.264 e. The number of nitriles is 1. The van der Waals surface area contributed by atoms with E-state index in [0.29, 0.717) is 0 Å². The van der Waals surface area contributed by atoms with Crippen LogP contribution in [0.15, 0.2) is 12.3 Å². The molecular formula is C10H11F2N3O. The number of hydrogen-bond acceptors (Lipinski definition) is 2. The van der Waals surface area contributed by atoms with Crippen molar-refractivity contribution in [2.75, 3.05) is 0 Å². The van der Waals surface area contributed by atoms with Gasteiger partial charge >= 0.3 is 0 Å². The van der Waals surface area contributed by atoms with Crippen LogP contribution < -0.4 is 5.32 Å². The van der Waals surface area contributed by atoms with Crippen molar-refractivity contribution in [3.05, 3.63) is 23.5 Å². The highest BCUT2D eigenvalue weighted by Crippen LogP contribution is 2.17. The fourth-order valence-corrected chi connectivity index (χ4v) is 0.997. The van der Waals surface area contributed by atoms with Crippen LogP contribution in [0, 0.1) is 11.3 Å². The molecule has 6 heteroatoms. The normalized spacial score (nSPS) is 12.9. The molecule has 0 aromatic carbocycles. The van der Waals surface area contributed by atoms with E-state index in [0.717, 1.165) is 6.92 Å². The lowest BCUT2D eigenvalue weighted by atomic mass is 10.2. The Morgan fingerprint density at radius 1 is 1.69 bits per heavy atom. The van der Waals surface area contributed by atoms with Crippen LogP contribution in [-0.4, -0.2) is 22.9 Å². The molecule has 0 radical (unpaired) electrons. The standard InChI is InChI=1S/C10H11F2N3O/c1-6(10(2,11)12)15-9(16)7-3-8(4-13)14-5-7/h3,5-6,14H,1-2H3,(H,15,16)/t6-/m1/s1. The van der Waals surface area contributed by atoms with E-state index in [4.69, 9.17) is 5.26 Å². The second-order valence-electron chi connectivity index (χ2n) is 3.57. The largest absolute Gasteiger partial charge is 0.352 e. The first-order valence-electron chi connectivity index (χ1n) is 4.62. The third-order valence-corrected chi connectivity index (χ3v) is 2.17. The molecule has 4 nitrogen and oxygen atoms in total. The number of hydrogen-bond donors (Lipinski definition) is 2. The number of amides is 1. The van der Waals surface area contributed by atoms with Crippen LogP contribution in [0.1, 0.15) is 29.9 Å². The van der Waals surface area contributed by atoms with Gasteiger partial charge in [0.1, 0.15) is 11.8 Å². The first-order chi connectivity index (χ1) is 7.34. The minimum absolute atomic E-state index is 0.160. The monoisotopic (exact) mass is 227 g/mol. The molecule has 1 atom stereocenters. The van der Waals surface area contributed by atoms with Gasteiger partial charge < -0.3 is 10.3 Å². The van der Waals surface area contributed by atoms with Gasteiger partial charge in [-0.1, -0.05) is 0 Å². The minimum atomic E-state index is -2.98. The molecule has 0 aliphatic heterocycles. The molecule has 1 heterocycles. The summed E-state index contributed by atoms with van der Waals surface area (Å²) in [4.78, 5) is 14.0. The molecule has 0 fully saturated rings. The Labute approximate surface area is 91.3 Å². The molecule has 86 valence electrons. The van der Waals surface area contributed by atoms with Gasteiger partial charge in [0.15, 0.2) is 0 Å². The highest BCUT2D eigenvalue weighted by molar-refractivity contribution is 5.94. The summed E-state index contributed by atoms with van der Waals surface area (Å²) in [6.07, 6.45) is 1.30. The Morgan fingerprint density at radius 3 is 2.75 bits per heavy atom. The molecule has 1 aromatic rings. The third kappa shape index (κ3) is 2.79. The van der Waals surface area contributed by atoms with Gasteiger partial charge in [-0.25, -0.2) is 8.78 Å². The van der Waals surface area contributed by atoms with E-state index in [1.807, 2.05) is 0 Å². The average molecular weight is 227 g/mol. The fraction of sp³-hybridized carbons (Fsp3) is 0.400. The summed E-state index contributed by atoms with van der Waals surface area (Å²) in [5.74, 6) is -3.61. The van der Waals surface area contributed by atoms with Gasteiger partial charge in [-0.3, -0.25) is 4.79 Å². The topological polar surface area (TPSA) is 68.7 Å². The van der Waals surface area contributed by atoms with Crippen LogP contribution in [-0.2, 0) is 0 Å². The number of aromatic amines is 1. The zero-order chi connectivity index (χ0) is 12.3. The molecule has 1 amide bonds. The molecule has 1 aromatic heterocycles. The number of alkyl halides is 2. The maximum atomic E-state index is 12.8. The molecule has 0 spiro atoms. The second-order valence-corrected chi connectivity index (χ2v) is 3.57. The van der Waals surface area contributed by atoms with Crippen LogP contribution in [0.4, 0.5) is 8.78 Å². The van der Waals surface area contributed by atoms with Crippen LogP contribution in [0.3, 0.4) is 0 Å². The average Bonchev–Trinajstić information content (AvgIpc) is 2.64. The van der Waals surface area contributed by atoms with Gasteiger partial charge in [0, 0.05) is 13.1 Å². The minimum Gasteiger partial charge on any atom is -0.352 e. The maximum Gasteiger partial charge on any atom is 0.264 e. The number of halogens is 2. The highest BCUT2D eigenvalue weighted by Gasteiger charge is 2.31. The fourth-order valence-electron chi connectivity index (χ4n) is 0.997. The van der Waals surface area contributed by atoms with Crippen molar-refractivity contribution in [1.29, 1.82) is 5.26 Å². The van der Waals surface area contributed by atoms with Crippen LogP contribution >= 0.6 is 0 Å². The number of carbonyl (C=O) groups excluding carboxylic acids is 1. The quantitative estimate of drug-likeness (QED) is 0.824. The summed E-state index contributed by atoms with van der Waals surface area (Å²) in [6.45, 7) is 1.95. The first kappa shape index (κ1) is 12.2. The van der Waals surface area contributed by atoms with E-state index in [2.05, 4.69) is 10.3 Å². The molecule has 16 heavy (non-hydrogen) atoms. The summed E-state index contributed by atoms with van der Waals surface area (Å²) in [7, 11) is 0. The van der Waals surface area contributed by atoms with Crippen LogP contribution in [0.5, 0.6) is 0 Å². The summed E-state index contributed by atoms with van der Waals surface area (Å²) >= 11 is 0. The molecular weight excluding hydrogens is 216 g/mol. The molecule has 0 saturated carbocycles. The van der Waals surface area contributed by atoms with Crippen molar-refractivity contribution >= 4 is 5.91 Å². The van der Waals surface area contributed by atoms with Crippen LogP contribution in [0.2, 0.25) is 0 Å². The number of rotatable bonds is 3. The van der Waals surface area contributed by atoms with E-state index in [1.165, 1.54) is 19.2 Å². The number of H-pyrrole nitrogens is 1. The summed E-state index contributed by atoms with van der Waals surface area (Å²) in [6, 6.07) is 1.84. The zero-order valence-electron chi connectivity index (χ0n) is 8.84. The van der Waals surface area contributed by atoms with Gasteiger partial charge in [0.25, 0.3) is 11.8 Å². The SMILES string of the molecule is C[C@@H](NC(=O)c1c[nH]c(C#N)c1)C(C)(F)F. The third-order valence-electron chi connectivity index (χ3n) is 2.17. The van der Waals surface area contributed by atoms with E-state index >= 15 is 0 Å². The molecule has 0 bridgehead atoms. The number of aromatic nitrogens is 1. The van der Waals surface area contributed by atoms with Gasteiger partial charge in [0.2, 0.25) is 0 Å². The molecule has 0 saturated heterocycles.